The molecule has 1 aliphatic rings. The van der Waals surface area contributed by atoms with E-state index >= 15 is 0 Å². The average Bonchev–Trinajstić information content (AvgIpc) is 3.13. The highest BCUT2D eigenvalue weighted by molar-refractivity contribution is 9.10. The van der Waals surface area contributed by atoms with Gasteiger partial charge in [0.25, 0.3) is 0 Å². The molecule has 0 fully saturated rings. The Bertz CT molecular complexity index is 839. The lowest BCUT2D eigenvalue weighted by Crippen LogP contribution is -2.33. The maximum Gasteiger partial charge on any atom is 0.326 e. The van der Waals surface area contributed by atoms with Crippen molar-refractivity contribution in [2.75, 3.05) is 43.5 Å². The number of hydrogen-bond acceptors (Lipinski definition) is 3. The average molecular weight is 458 g/mol. The Morgan fingerprint density at radius 1 is 1.28 bits per heavy atom. The van der Waals surface area contributed by atoms with E-state index < -0.39 is 0 Å². The second kappa shape index (κ2) is 10.5. The number of carbonyl (C=O) groups is 1. The van der Waals surface area contributed by atoms with E-state index in [2.05, 4.69) is 45.8 Å². The van der Waals surface area contributed by atoms with E-state index in [-0.39, 0.29) is 6.03 Å². The molecule has 0 radical (unpaired) electrons. The number of ether oxygens (including phenoxy) is 1. The number of nitrogens with one attached hydrogen (secondary N) is 1. The first-order chi connectivity index (χ1) is 14.1. The van der Waals surface area contributed by atoms with Gasteiger partial charge >= 0.3 is 6.03 Å². The molecule has 2 aromatic rings. The van der Waals surface area contributed by atoms with E-state index in [0.717, 1.165) is 59.5 Å². The van der Waals surface area contributed by atoms with Gasteiger partial charge in [-0.3, -0.25) is 4.90 Å². The van der Waals surface area contributed by atoms with Crippen molar-refractivity contribution in [3.05, 3.63) is 65.2 Å². The zero-order valence-electron chi connectivity index (χ0n) is 16.9. The standard InChI is InChI=1S/C23H28BrN3O2/c1-3-13-26(2)14-4-5-16-29-21-10-11-22-18(17-21)12-15-27(22)23(28)25-20-8-6-19(24)7-9-20/h3,6-11,17H,1,4-5,12-16H2,2H3,(H,25,28). The minimum absolute atomic E-state index is 0.108. The number of fused-ring (bicyclic) bond motifs is 1. The minimum atomic E-state index is -0.108. The van der Waals surface area contributed by atoms with Gasteiger partial charge in [0.1, 0.15) is 5.75 Å². The van der Waals surface area contributed by atoms with Crippen molar-refractivity contribution < 1.29 is 9.53 Å². The molecule has 0 aromatic heterocycles. The summed E-state index contributed by atoms with van der Waals surface area (Å²) in [5.41, 5.74) is 2.89. The summed E-state index contributed by atoms with van der Waals surface area (Å²) in [4.78, 5) is 16.7. The fraction of sp³-hybridized carbons (Fsp3) is 0.348. The summed E-state index contributed by atoms with van der Waals surface area (Å²) in [5.74, 6) is 0.873. The van der Waals surface area contributed by atoms with Gasteiger partial charge in [0, 0.05) is 28.9 Å². The number of benzene rings is 2. The third-order valence-electron chi connectivity index (χ3n) is 4.93. The predicted molar refractivity (Wildman–Crippen MR) is 123 cm³/mol. The molecule has 3 rings (SSSR count). The topological polar surface area (TPSA) is 44.8 Å². The number of hydrogen-bond donors (Lipinski definition) is 1. The van der Waals surface area contributed by atoms with E-state index in [1.165, 1.54) is 0 Å². The van der Waals surface area contributed by atoms with Crippen molar-refractivity contribution in [3.63, 3.8) is 0 Å². The van der Waals surface area contributed by atoms with Crippen LogP contribution in [-0.2, 0) is 6.42 Å². The molecule has 5 nitrogen and oxygen atoms in total. The first-order valence-corrected chi connectivity index (χ1v) is 10.8. The maximum absolute atomic E-state index is 12.7. The van der Waals surface area contributed by atoms with Gasteiger partial charge in [0.05, 0.1) is 6.61 Å². The number of rotatable bonds is 9. The highest BCUT2D eigenvalue weighted by atomic mass is 79.9. The monoisotopic (exact) mass is 457 g/mol. The molecule has 29 heavy (non-hydrogen) atoms. The normalized spacial score (nSPS) is 12.7. The van der Waals surface area contributed by atoms with Crippen LogP contribution in [0.25, 0.3) is 0 Å². The van der Waals surface area contributed by atoms with Gasteiger partial charge in [-0.1, -0.05) is 22.0 Å². The van der Waals surface area contributed by atoms with Crippen molar-refractivity contribution in [1.29, 1.82) is 0 Å². The molecule has 0 saturated heterocycles. The lowest BCUT2D eigenvalue weighted by molar-refractivity contribution is 0.257. The van der Waals surface area contributed by atoms with Gasteiger partial charge in [-0.25, -0.2) is 4.79 Å². The first-order valence-electron chi connectivity index (χ1n) is 9.96. The van der Waals surface area contributed by atoms with E-state index in [0.29, 0.717) is 13.2 Å². The molecule has 0 atom stereocenters. The molecule has 6 heteroatoms. The van der Waals surface area contributed by atoms with Gasteiger partial charge in [-0.2, -0.15) is 0 Å². The summed E-state index contributed by atoms with van der Waals surface area (Å²) in [5, 5.41) is 2.96. The third-order valence-corrected chi connectivity index (χ3v) is 5.46. The van der Waals surface area contributed by atoms with Gasteiger partial charge in [0.2, 0.25) is 0 Å². The first kappa shape index (κ1) is 21.4. The van der Waals surface area contributed by atoms with Crippen molar-refractivity contribution in [2.45, 2.75) is 19.3 Å². The van der Waals surface area contributed by atoms with Gasteiger partial charge in [-0.15, -0.1) is 6.58 Å². The SMILES string of the molecule is C=CCN(C)CCCCOc1ccc2c(c1)CCN2C(=O)Nc1ccc(Br)cc1. The molecular weight excluding hydrogens is 430 g/mol. The van der Waals surface area contributed by atoms with Crippen molar-refractivity contribution in [2.24, 2.45) is 0 Å². The van der Waals surface area contributed by atoms with Crippen LogP contribution in [0.4, 0.5) is 16.2 Å². The van der Waals surface area contributed by atoms with Gasteiger partial charge < -0.3 is 15.0 Å². The molecule has 0 unspecified atom stereocenters. The van der Waals surface area contributed by atoms with Crippen LogP contribution in [0.5, 0.6) is 5.75 Å². The Kier molecular flexibility index (Phi) is 7.72. The summed E-state index contributed by atoms with van der Waals surface area (Å²) >= 11 is 3.40. The Hall–Kier alpha value is -2.31. The minimum Gasteiger partial charge on any atom is -0.494 e. The molecule has 154 valence electrons. The summed E-state index contributed by atoms with van der Waals surface area (Å²) in [6.45, 7) is 7.09. The molecule has 0 bridgehead atoms. The lowest BCUT2D eigenvalue weighted by atomic mass is 10.1. The number of urea groups is 1. The number of halogens is 1. The smallest absolute Gasteiger partial charge is 0.326 e. The fourth-order valence-electron chi connectivity index (χ4n) is 3.39. The van der Waals surface area contributed by atoms with Crippen LogP contribution in [0, 0.1) is 0 Å². The quantitative estimate of drug-likeness (QED) is 0.409. The van der Waals surface area contributed by atoms with Crippen molar-refractivity contribution >= 4 is 33.3 Å². The highest BCUT2D eigenvalue weighted by Gasteiger charge is 2.25. The van der Waals surface area contributed by atoms with Gasteiger partial charge in [0.15, 0.2) is 0 Å². The van der Waals surface area contributed by atoms with E-state index in [9.17, 15) is 4.79 Å². The molecule has 1 N–H and O–H groups in total. The lowest BCUT2D eigenvalue weighted by Gasteiger charge is -2.18. The predicted octanol–water partition coefficient (Wildman–Crippen LogP) is 5.32. The van der Waals surface area contributed by atoms with Crippen LogP contribution in [0.2, 0.25) is 0 Å². The van der Waals surface area contributed by atoms with E-state index in [1.54, 1.807) is 4.90 Å². The third kappa shape index (κ3) is 6.08. The largest absolute Gasteiger partial charge is 0.494 e. The fourth-order valence-corrected chi connectivity index (χ4v) is 3.65. The maximum atomic E-state index is 12.7. The number of likely N-dealkylation sites (N-methyl/N-ethyl adjacent to an activating group) is 1. The molecule has 1 aliphatic heterocycles. The Labute approximate surface area is 181 Å². The number of unbranched alkanes of at least 4 members (excludes halogenated alkanes) is 1. The molecule has 2 amide bonds. The number of amides is 2. The Morgan fingerprint density at radius 2 is 2.07 bits per heavy atom. The summed E-state index contributed by atoms with van der Waals surface area (Å²) < 4.78 is 6.90. The number of anilines is 2. The molecule has 0 aliphatic carbocycles. The van der Waals surface area contributed by atoms with Crippen LogP contribution in [0.3, 0.4) is 0 Å². The van der Waals surface area contributed by atoms with Crippen molar-refractivity contribution in [3.8, 4) is 5.75 Å². The van der Waals surface area contributed by atoms with Crippen LogP contribution < -0.4 is 15.0 Å². The highest BCUT2D eigenvalue weighted by Crippen LogP contribution is 2.32. The second-order valence-corrected chi connectivity index (χ2v) is 8.15. The van der Waals surface area contributed by atoms with Crippen LogP contribution in [0.1, 0.15) is 18.4 Å². The van der Waals surface area contributed by atoms with Crippen molar-refractivity contribution in [1.82, 2.24) is 4.90 Å². The summed E-state index contributed by atoms with van der Waals surface area (Å²) in [7, 11) is 2.10. The zero-order valence-corrected chi connectivity index (χ0v) is 18.5. The van der Waals surface area contributed by atoms with Gasteiger partial charge in [-0.05, 0) is 80.9 Å². The molecule has 1 heterocycles. The van der Waals surface area contributed by atoms with Crippen LogP contribution in [-0.4, -0.2) is 44.2 Å². The molecule has 0 spiro atoms. The van der Waals surface area contributed by atoms with E-state index in [4.69, 9.17) is 4.74 Å². The summed E-state index contributed by atoms with van der Waals surface area (Å²) in [6.07, 6.45) is 4.87. The van der Waals surface area contributed by atoms with E-state index in [1.807, 2.05) is 42.5 Å². The molecular formula is C23H28BrN3O2. The molecule has 0 saturated carbocycles. The van der Waals surface area contributed by atoms with Crippen LogP contribution >= 0.6 is 15.9 Å². The Balaban J connectivity index is 1.49. The second-order valence-electron chi connectivity index (χ2n) is 7.24. The van der Waals surface area contributed by atoms with Crippen LogP contribution in [0.15, 0.2) is 59.6 Å². The Morgan fingerprint density at radius 3 is 2.83 bits per heavy atom. The summed E-state index contributed by atoms with van der Waals surface area (Å²) in [6, 6.07) is 13.5. The number of nitrogens with zero attached hydrogens (tertiary/aromatic N) is 2. The zero-order chi connectivity index (χ0) is 20.6. The molecule has 2 aromatic carbocycles. The number of carbonyl (C=O) groups excluding carboxylic acids is 1.